The van der Waals surface area contributed by atoms with Crippen molar-refractivity contribution in [3.05, 3.63) is 63.7 Å². The lowest BCUT2D eigenvalue weighted by atomic mass is 10.0. The molecule has 0 saturated carbocycles. The molecule has 2 aromatic carbocycles. The predicted octanol–water partition coefficient (Wildman–Crippen LogP) is 3.38. The van der Waals surface area contributed by atoms with E-state index in [1.54, 1.807) is 4.90 Å². The standard InChI is InChI=1S/C22H28N2O3S/c1-15-13-17(3)21(18(4)14-15)28(26,27)24-11-9-23(10-12-24)22(25)20-8-6-7-16(2)19(20)5/h6-8,13-14H,9-12H2,1-5H3. The van der Waals surface area contributed by atoms with E-state index in [1.807, 2.05) is 65.0 Å². The number of rotatable bonds is 3. The Morgan fingerprint density at radius 2 is 1.43 bits per heavy atom. The quantitative estimate of drug-likeness (QED) is 0.794. The number of amides is 1. The monoisotopic (exact) mass is 400 g/mol. The number of carbonyl (C=O) groups is 1. The summed E-state index contributed by atoms with van der Waals surface area (Å²) in [5.41, 5.74) is 5.35. The summed E-state index contributed by atoms with van der Waals surface area (Å²) in [7, 11) is -3.57. The summed E-state index contributed by atoms with van der Waals surface area (Å²) < 4.78 is 27.9. The van der Waals surface area contributed by atoms with Crippen LogP contribution >= 0.6 is 0 Å². The van der Waals surface area contributed by atoms with Crippen molar-refractivity contribution >= 4 is 15.9 Å². The van der Waals surface area contributed by atoms with Crippen molar-refractivity contribution in [2.45, 2.75) is 39.5 Å². The van der Waals surface area contributed by atoms with Crippen LogP contribution in [0.25, 0.3) is 0 Å². The molecule has 1 amide bonds. The Labute approximate surface area is 168 Å². The molecular weight excluding hydrogens is 372 g/mol. The lowest BCUT2D eigenvalue weighted by Gasteiger charge is -2.35. The van der Waals surface area contributed by atoms with E-state index in [0.29, 0.717) is 36.6 Å². The fourth-order valence-electron chi connectivity index (χ4n) is 3.99. The van der Waals surface area contributed by atoms with Crippen LogP contribution < -0.4 is 0 Å². The zero-order valence-corrected chi connectivity index (χ0v) is 18.1. The molecule has 1 aliphatic rings. The first-order valence-electron chi connectivity index (χ1n) is 9.56. The Morgan fingerprint density at radius 3 is 2.00 bits per heavy atom. The highest BCUT2D eigenvalue weighted by atomic mass is 32.2. The summed E-state index contributed by atoms with van der Waals surface area (Å²) in [5, 5.41) is 0. The van der Waals surface area contributed by atoms with E-state index >= 15 is 0 Å². The van der Waals surface area contributed by atoms with Gasteiger partial charge in [0.15, 0.2) is 0 Å². The molecule has 0 radical (unpaired) electrons. The average Bonchev–Trinajstić information content (AvgIpc) is 2.62. The van der Waals surface area contributed by atoms with Gasteiger partial charge in [0, 0.05) is 31.7 Å². The van der Waals surface area contributed by atoms with Gasteiger partial charge in [-0.15, -0.1) is 0 Å². The van der Waals surface area contributed by atoms with Crippen LogP contribution in [0.3, 0.4) is 0 Å². The van der Waals surface area contributed by atoms with Gasteiger partial charge in [-0.05, 0) is 62.9 Å². The first-order valence-corrected chi connectivity index (χ1v) is 11.0. The summed E-state index contributed by atoms with van der Waals surface area (Å²) in [6.07, 6.45) is 0. The average molecular weight is 401 g/mol. The van der Waals surface area contributed by atoms with Crippen LogP contribution in [0, 0.1) is 34.6 Å². The predicted molar refractivity (Wildman–Crippen MR) is 111 cm³/mol. The number of hydrogen-bond acceptors (Lipinski definition) is 3. The maximum atomic E-state index is 13.2. The zero-order valence-electron chi connectivity index (χ0n) is 17.2. The molecule has 1 heterocycles. The molecule has 1 fully saturated rings. The molecule has 28 heavy (non-hydrogen) atoms. The topological polar surface area (TPSA) is 57.7 Å². The molecule has 0 spiro atoms. The summed E-state index contributed by atoms with van der Waals surface area (Å²) >= 11 is 0. The van der Waals surface area contributed by atoms with Crippen LogP contribution in [0.2, 0.25) is 0 Å². The number of carbonyl (C=O) groups excluding carboxylic acids is 1. The zero-order chi connectivity index (χ0) is 20.6. The van der Waals surface area contributed by atoms with Gasteiger partial charge in [0.05, 0.1) is 4.90 Å². The molecule has 0 N–H and O–H groups in total. The van der Waals surface area contributed by atoms with Crippen molar-refractivity contribution in [3.8, 4) is 0 Å². The highest BCUT2D eigenvalue weighted by Crippen LogP contribution is 2.26. The second-order valence-corrected chi connectivity index (χ2v) is 9.55. The van der Waals surface area contributed by atoms with Gasteiger partial charge in [0.2, 0.25) is 10.0 Å². The second-order valence-electron chi connectivity index (χ2n) is 7.67. The largest absolute Gasteiger partial charge is 0.336 e. The molecule has 2 aromatic rings. The van der Waals surface area contributed by atoms with Gasteiger partial charge in [-0.25, -0.2) is 8.42 Å². The van der Waals surface area contributed by atoms with E-state index in [9.17, 15) is 13.2 Å². The maximum Gasteiger partial charge on any atom is 0.254 e. The van der Waals surface area contributed by atoms with E-state index in [0.717, 1.165) is 27.8 Å². The van der Waals surface area contributed by atoms with Gasteiger partial charge < -0.3 is 4.90 Å². The van der Waals surface area contributed by atoms with Crippen LogP contribution in [0.4, 0.5) is 0 Å². The number of nitrogens with zero attached hydrogens (tertiary/aromatic N) is 2. The summed E-state index contributed by atoms with van der Waals surface area (Å²) in [6, 6.07) is 9.52. The molecule has 1 saturated heterocycles. The van der Waals surface area contributed by atoms with Gasteiger partial charge in [-0.1, -0.05) is 29.8 Å². The highest BCUT2D eigenvalue weighted by molar-refractivity contribution is 7.89. The van der Waals surface area contributed by atoms with Gasteiger partial charge in [0.25, 0.3) is 5.91 Å². The van der Waals surface area contributed by atoms with Crippen LogP contribution in [-0.2, 0) is 10.0 Å². The Kier molecular flexibility index (Phi) is 5.64. The van der Waals surface area contributed by atoms with E-state index < -0.39 is 10.0 Å². The molecule has 0 aromatic heterocycles. The molecule has 5 nitrogen and oxygen atoms in total. The third-order valence-electron chi connectivity index (χ3n) is 5.56. The molecule has 3 rings (SSSR count). The Balaban J connectivity index is 1.78. The molecular formula is C22H28N2O3S. The van der Waals surface area contributed by atoms with Crippen molar-refractivity contribution in [1.29, 1.82) is 0 Å². The summed E-state index contributed by atoms with van der Waals surface area (Å²) in [4.78, 5) is 15.1. The first kappa shape index (κ1) is 20.6. The van der Waals surface area contributed by atoms with Crippen LogP contribution in [0.15, 0.2) is 35.2 Å². The minimum atomic E-state index is -3.57. The number of hydrogen-bond donors (Lipinski definition) is 0. The third-order valence-corrected chi connectivity index (χ3v) is 7.77. The smallest absolute Gasteiger partial charge is 0.254 e. The van der Waals surface area contributed by atoms with Gasteiger partial charge >= 0.3 is 0 Å². The fourth-order valence-corrected chi connectivity index (χ4v) is 5.82. The first-order chi connectivity index (χ1) is 13.1. The SMILES string of the molecule is Cc1cc(C)c(S(=O)(=O)N2CCN(C(=O)c3cccc(C)c3C)CC2)c(C)c1. The Bertz CT molecular complexity index is 997. The molecule has 0 bridgehead atoms. The summed E-state index contributed by atoms with van der Waals surface area (Å²) in [5.74, 6) is -0.0269. The molecule has 1 aliphatic heterocycles. The second kappa shape index (κ2) is 7.68. The lowest BCUT2D eigenvalue weighted by Crippen LogP contribution is -2.50. The minimum Gasteiger partial charge on any atom is -0.336 e. The van der Waals surface area contributed by atoms with Crippen LogP contribution in [0.1, 0.15) is 38.2 Å². The van der Waals surface area contributed by atoms with Crippen molar-refractivity contribution in [3.63, 3.8) is 0 Å². The Morgan fingerprint density at radius 1 is 0.857 bits per heavy atom. The van der Waals surface area contributed by atoms with Crippen molar-refractivity contribution in [1.82, 2.24) is 9.21 Å². The van der Waals surface area contributed by atoms with E-state index in [-0.39, 0.29) is 5.91 Å². The fraction of sp³-hybridized carbons (Fsp3) is 0.409. The minimum absolute atomic E-state index is 0.0269. The highest BCUT2D eigenvalue weighted by Gasteiger charge is 2.32. The molecule has 0 unspecified atom stereocenters. The van der Waals surface area contributed by atoms with Gasteiger partial charge in [-0.3, -0.25) is 4.79 Å². The van der Waals surface area contributed by atoms with Crippen LogP contribution in [-0.4, -0.2) is 49.7 Å². The number of benzene rings is 2. The summed E-state index contributed by atoms with van der Waals surface area (Å²) in [6.45, 7) is 11.0. The Hall–Kier alpha value is -2.18. The van der Waals surface area contributed by atoms with Crippen molar-refractivity contribution < 1.29 is 13.2 Å². The van der Waals surface area contributed by atoms with Crippen molar-refractivity contribution in [2.24, 2.45) is 0 Å². The number of sulfonamides is 1. The van der Waals surface area contributed by atoms with Gasteiger partial charge in [0.1, 0.15) is 0 Å². The van der Waals surface area contributed by atoms with Crippen LogP contribution in [0.5, 0.6) is 0 Å². The number of piperazine rings is 1. The molecule has 6 heteroatoms. The molecule has 0 atom stereocenters. The normalized spacial score (nSPS) is 15.7. The van der Waals surface area contributed by atoms with Gasteiger partial charge in [-0.2, -0.15) is 4.31 Å². The third kappa shape index (κ3) is 3.71. The van der Waals surface area contributed by atoms with E-state index in [2.05, 4.69) is 0 Å². The number of aryl methyl sites for hydroxylation is 4. The maximum absolute atomic E-state index is 13.2. The van der Waals surface area contributed by atoms with E-state index in [1.165, 1.54) is 4.31 Å². The molecule has 0 aliphatic carbocycles. The van der Waals surface area contributed by atoms with E-state index in [4.69, 9.17) is 0 Å². The van der Waals surface area contributed by atoms with Crippen molar-refractivity contribution in [2.75, 3.05) is 26.2 Å². The molecule has 150 valence electrons. The lowest BCUT2D eigenvalue weighted by molar-refractivity contribution is 0.0697.